The molecular formula is C30H32F3N3O4. The lowest BCUT2D eigenvalue weighted by molar-refractivity contribution is -0.142. The lowest BCUT2D eigenvalue weighted by atomic mass is 9.63. The number of aliphatic hydroxyl groups is 1. The monoisotopic (exact) mass is 555 g/mol. The summed E-state index contributed by atoms with van der Waals surface area (Å²) in [5.74, 6) is -1.03. The molecule has 1 aliphatic carbocycles. The number of carbonyl (C=O) groups is 3. The van der Waals surface area contributed by atoms with Crippen LogP contribution in [0.25, 0.3) is 0 Å². The van der Waals surface area contributed by atoms with Gasteiger partial charge >= 0.3 is 6.18 Å². The highest BCUT2D eigenvalue weighted by Crippen LogP contribution is 2.56. The smallest absolute Gasteiger partial charge is 0.384 e. The van der Waals surface area contributed by atoms with Crippen molar-refractivity contribution in [2.24, 2.45) is 5.41 Å². The number of hydrogen-bond donors (Lipinski definition) is 2. The van der Waals surface area contributed by atoms with Crippen LogP contribution in [0.1, 0.15) is 77.6 Å². The second-order valence-electron chi connectivity index (χ2n) is 11.8. The summed E-state index contributed by atoms with van der Waals surface area (Å²) in [6.07, 6.45) is 0.236. The minimum Gasteiger partial charge on any atom is -0.384 e. The number of nitrogens with one attached hydrogen (secondary N) is 1. The Hall–Kier alpha value is -3.24. The first kappa shape index (κ1) is 27.0. The van der Waals surface area contributed by atoms with Crippen LogP contribution in [0, 0.1) is 5.41 Å². The molecule has 2 aromatic rings. The second kappa shape index (κ2) is 9.69. The van der Waals surface area contributed by atoms with Crippen LogP contribution in [-0.2, 0) is 34.5 Å². The zero-order valence-corrected chi connectivity index (χ0v) is 22.1. The third-order valence-corrected chi connectivity index (χ3v) is 9.44. The molecule has 3 aliphatic heterocycles. The largest absolute Gasteiger partial charge is 0.416 e. The third-order valence-electron chi connectivity index (χ3n) is 9.44. The van der Waals surface area contributed by atoms with Gasteiger partial charge in [0.1, 0.15) is 6.04 Å². The maximum Gasteiger partial charge on any atom is 0.416 e. The first-order valence-electron chi connectivity index (χ1n) is 13.9. The quantitative estimate of drug-likeness (QED) is 0.554. The first-order valence-corrected chi connectivity index (χ1v) is 13.9. The maximum atomic E-state index is 13.2. The Morgan fingerprint density at radius 2 is 1.73 bits per heavy atom. The van der Waals surface area contributed by atoms with Gasteiger partial charge in [-0.2, -0.15) is 13.2 Å². The average Bonchev–Trinajstić information content (AvgIpc) is 3.51. The van der Waals surface area contributed by atoms with E-state index in [2.05, 4.69) is 10.2 Å². The Morgan fingerprint density at radius 3 is 2.40 bits per heavy atom. The molecular weight excluding hydrogens is 523 g/mol. The van der Waals surface area contributed by atoms with Crippen molar-refractivity contribution in [2.45, 2.75) is 75.9 Å². The molecule has 2 unspecified atom stereocenters. The summed E-state index contributed by atoms with van der Waals surface area (Å²) in [7, 11) is 0. The van der Waals surface area contributed by atoms with Crippen LogP contribution in [0.5, 0.6) is 0 Å². The lowest BCUT2D eigenvalue weighted by Crippen LogP contribution is -2.56. The van der Waals surface area contributed by atoms with Crippen LogP contribution < -0.4 is 5.32 Å². The van der Waals surface area contributed by atoms with Gasteiger partial charge in [0, 0.05) is 43.6 Å². The van der Waals surface area contributed by atoms with Crippen molar-refractivity contribution in [3.63, 3.8) is 0 Å². The molecule has 3 heterocycles. The molecule has 7 nitrogen and oxygen atoms in total. The highest BCUT2D eigenvalue weighted by Gasteiger charge is 2.55. The second-order valence-corrected chi connectivity index (χ2v) is 11.8. The molecule has 0 aromatic heterocycles. The lowest BCUT2D eigenvalue weighted by Gasteiger charge is -2.53. The van der Waals surface area contributed by atoms with Gasteiger partial charge in [-0.15, -0.1) is 0 Å². The van der Waals surface area contributed by atoms with Crippen molar-refractivity contribution in [3.05, 3.63) is 70.3 Å². The number of rotatable bonds is 4. The van der Waals surface area contributed by atoms with E-state index in [0.29, 0.717) is 38.0 Å². The van der Waals surface area contributed by atoms with E-state index in [4.69, 9.17) is 0 Å². The Balaban J connectivity index is 1.22. The number of hydrogen-bond acceptors (Lipinski definition) is 5. The summed E-state index contributed by atoms with van der Waals surface area (Å²) < 4.78 is 39.0. The van der Waals surface area contributed by atoms with E-state index in [1.54, 1.807) is 6.07 Å². The maximum absolute atomic E-state index is 13.2. The molecule has 0 radical (unpaired) electrons. The van der Waals surface area contributed by atoms with Crippen LogP contribution in [0.3, 0.4) is 0 Å². The predicted molar refractivity (Wildman–Crippen MR) is 139 cm³/mol. The highest BCUT2D eigenvalue weighted by molar-refractivity contribution is 6.05. The fourth-order valence-electron chi connectivity index (χ4n) is 7.32. The summed E-state index contributed by atoms with van der Waals surface area (Å²) in [6.45, 7) is 1.97. The van der Waals surface area contributed by atoms with Crippen LogP contribution in [-0.4, -0.2) is 51.8 Å². The minimum atomic E-state index is -4.37. The molecule has 2 atom stereocenters. The van der Waals surface area contributed by atoms with Gasteiger partial charge < -0.3 is 10.0 Å². The highest BCUT2D eigenvalue weighted by atomic mass is 19.4. The Morgan fingerprint density at radius 1 is 1.00 bits per heavy atom. The standard InChI is InChI=1S/C30H32F3N3O4/c31-30(32,33)21-5-3-19(4-6-21)16-35-14-13-29(40,28(18-35)11-1-2-12-28)22-7-8-23-20(15-22)17-36(27(23)39)24-9-10-25(37)34-26(24)38/h3-8,15,24,40H,1-2,9-14,16-18H2,(H,34,37,38). The van der Waals surface area contributed by atoms with Crippen LogP contribution in [0.4, 0.5) is 13.2 Å². The molecule has 0 bridgehead atoms. The fraction of sp³-hybridized carbons (Fsp3) is 0.500. The van der Waals surface area contributed by atoms with E-state index < -0.39 is 34.7 Å². The predicted octanol–water partition coefficient (Wildman–Crippen LogP) is 4.12. The number of carbonyl (C=O) groups excluding carboxylic acids is 3. The van der Waals surface area contributed by atoms with Crippen molar-refractivity contribution in [1.82, 2.24) is 15.1 Å². The van der Waals surface area contributed by atoms with Gasteiger partial charge in [0.15, 0.2) is 0 Å². The van der Waals surface area contributed by atoms with Gasteiger partial charge in [-0.05, 0) is 60.6 Å². The van der Waals surface area contributed by atoms with Crippen molar-refractivity contribution < 1.29 is 32.7 Å². The number of amides is 3. The topological polar surface area (TPSA) is 90.0 Å². The third kappa shape index (κ3) is 4.51. The zero-order chi connectivity index (χ0) is 28.3. The SMILES string of the molecule is O=C1CCC(N2Cc3cc(C4(O)CCN(Cc5ccc(C(F)(F)F)cc5)CC45CCCC5)ccc3C2=O)C(=O)N1. The molecule has 212 valence electrons. The van der Waals surface area contributed by atoms with Gasteiger partial charge in [-0.25, -0.2) is 0 Å². The number of likely N-dealkylation sites (tertiary alicyclic amines) is 1. The van der Waals surface area contributed by atoms with Crippen molar-refractivity contribution in [1.29, 1.82) is 0 Å². The van der Waals surface area contributed by atoms with Crippen LogP contribution >= 0.6 is 0 Å². The number of benzene rings is 2. The number of imide groups is 1. The summed E-state index contributed by atoms with van der Waals surface area (Å²) >= 11 is 0. The average molecular weight is 556 g/mol. The molecule has 3 amide bonds. The molecule has 1 spiro atoms. The van der Waals surface area contributed by atoms with E-state index in [9.17, 15) is 32.7 Å². The van der Waals surface area contributed by atoms with E-state index in [1.165, 1.54) is 17.0 Å². The summed E-state index contributed by atoms with van der Waals surface area (Å²) in [6, 6.07) is 10.1. The van der Waals surface area contributed by atoms with Gasteiger partial charge in [-0.1, -0.05) is 37.1 Å². The van der Waals surface area contributed by atoms with E-state index in [-0.39, 0.29) is 24.8 Å². The van der Waals surface area contributed by atoms with Gasteiger partial charge in [-0.3, -0.25) is 24.6 Å². The first-order chi connectivity index (χ1) is 19.0. The molecule has 3 fully saturated rings. The molecule has 10 heteroatoms. The molecule has 1 saturated carbocycles. The van der Waals surface area contributed by atoms with E-state index in [0.717, 1.165) is 54.5 Å². The molecule has 2 N–H and O–H groups in total. The van der Waals surface area contributed by atoms with Gasteiger partial charge in [0.05, 0.1) is 11.2 Å². The van der Waals surface area contributed by atoms with Crippen molar-refractivity contribution >= 4 is 17.7 Å². The van der Waals surface area contributed by atoms with Crippen molar-refractivity contribution in [2.75, 3.05) is 13.1 Å². The van der Waals surface area contributed by atoms with Crippen molar-refractivity contribution in [3.8, 4) is 0 Å². The molecule has 2 aromatic carbocycles. The summed E-state index contributed by atoms with van der Waals surface area (Å²) in [5, 5.41) is 14.7. The normalized spacial score (nSPS) is 26.9. The van der Waals surface area contributed by atoms with Gasteiger partial charge in [0.2, 0.25) is 11.8 Å². The number of halogens is 3. The number of nitrogens with zero attached hydrogens (tertiary/aromatic N) is 2. The van der Waals surface area contributed by atoms with E-state index in [1.807, 2.05) is 12.1 Å². The number of alkyl halides is 3. The number of fused-ring (bicyclic) bond motifs is 1. The summed E-state index contributed by atoms with van der Waals surface area (Å²) in [5.41, 5.74) is 0.662. The van der Waals surface area contributed by atoms with E-state index >= 15 is 0 Å². The zero-order valence-electron chi connectivity index (χ0n) is 22.1. The molecule has 2 saturated heterocycles. The molecule has 40 heavy (non-hydrogen) atoms. The minimum absolute atomic E-state index is 0.188. The molecule has 6 rings (SSSR count). The Bertz CT molecular complexity index is 1350. The molecule has 4 aliphatic rings. The van der Waals surface area contributed by atoms with Gasteiger partial charge in [0.25, 0.3) is 5.91 Å². The Kier molecular flexibility index (Phi) is 6.53. The van der Waals surface area contributed by atoms with Crippen LogP contribution in [0.15, 0.2) is 42.5 Å². The fourth-order valence-corrected chi connectivity index (χ4v) is 7.32. The Labute approximate surface area is 230 Å². The number of piperidine rings is 2. The summed E-state index contributed by atoms with van der Waals surface area (Å²) in [4.78, 5) is 40.9. The van der Waals surface area contributed by atoms with Crippen LogP contribution in [0.2, 0.25) is 0 Å².